The summed E-state index contributed by atoms with van der Waals surface area (Å²) < 4.78 is 33.9. The first-order valence-corrected chi connectivity index (χ1v) is 10.4. The summed E-state index contributed by atoms with van der Waals surface area (Å²) in [6.45, 7) is -0.573. The fraction of sp³-hybridized carbons (Fsp3) is 0.450. The zero-order chi connectivity index (χ0) is 22.2. The minimum atomic E-state index is -2.56. The minimum Gasteiger partial charge on any atom is -0.382 e. The third-order valence-electron chi connectivity index (χ3n) is 5.83. The van der Waals surface area contributed by atoms with Crippen LogP contribution in [-0.2, 0) is 11.3 Å². The van der Waals surface area contributed by atoms with E-state index in [-0.39, 0.29) is 11.7 Å². The van der Waals surface area contributed by atoms with Crippen molar-refractivity contribution in [3.8, 4) is 11.3 Å². The lowest BCUT2D eigenvalue weighted by Crippen LogP contribution is -2.30. The zero-order valence-corrected chi connectivity index (χ0v) is 17.4. The van der Waals surface area contributed by atoms with Crippen molar-refractivity contribution in [1.82, 2.24) is 34.6 Å². The number of rotatable bonds is 6. The Morgan fingerprint density at radius 2 is 2.00 bits per heavy atom. The van der Waals surface area contributed by atoms with E-state index in [0.29, 0.717) is 40.2 Å². The molecule has 0 spiro atoms. The number of pyridine rings is 1. The summed E-state index contributed by atoms with van der Waals surface area (Å²) in [4.78, 5) is 8.95. The SMILES string of the molecule is COC1CCC(Nc2nc(N)c3c(-c4ccc5nnn(CC(F)F)c5n4)ccn3n2)CC1. The highest BCUT2D eigenvalue weighted by atomic mass is 19.3. The average molecular weight is 443 g/mol. The third-order valence-corrected chi connectivity index (χ3v) is 5.83. The van der Waals surface area contributed by atoms with Gasteiger partial charge in [0.1, 0.15) is 17.6 Å². The van der Waals surface area contributed by atoms with Gasteiger partial charge in [-0.3, -0.25) is 0 Å². The molecule has 5 rings (SSSR count). The van der Waals surface area contributed by atoms with E-state index >= 15 is 0 Å². The van der Waals surface area contributed by atoms with Gasteiger partial charge in [-0.1, -0.05) is 5.21 Å². The largest absolute Gasteiger partial charge is 0.382 e. The molecule has 32 heavy (non-hydrogen) atoms. The number of nitrogens with one attached hydrogen (secondary N) is 1. The van der Waals surface area contributed by atoms with E-state index in [1.807, 2.05) is 6.07 Å². The normalized spacial score (nSPS) is 19.2. The number of nitrogens with two attached hydrogens (primary N) is 1. The molecular weight excluding hydrogens is 420 g/mol. The Bertz CT molecular complexity index is 1250. The quantitative estimate of drug-likeness (QED) is 0.467. The molecule has 1 saturated carbocycles. The van der Waals surface area contributed by atoms with Crippen molar-refractivity contribution in [3.63, 3.8) is 0 Å². The Hall–Kier alpha value is -3.41. The Morgan fingerprint density at radius 3 is 2.75 bits per heavy atom. The van der Waals surface area contributed by atoms with Gasteiger partial charge in [0.25, 0.3) is 6.43 Å². The van der Waals surface area contributed by atoms with Crippen molar-refractivity contribution in [2.75, 3.05) is 18.2 Å². The topological polar surface area (TPSA) is 121 Å². The van der Waals surface area contributed by atoms with E-state index in [2.05, 4.69) is 30.7 Å². The number of hydrogen-bond acceptors (Lipinski definition) is 8. The summed E-state index contributed by atoms with van der Waals surface area (Å²) in [7, 11) is 1.75. The highest BCUT2D eigenvalue weighted by Gasteiger charge is 2.22. The van der Waals surface area contributed by atoms with Crippen LogP contribution in [0.5, 0.6) is 0 Å². The number of nitrogen functional groups attached to an aromatic ring is 1. The van der Waals surface area contributed by atoms with Crippen molar-refractivity contribution >= 4 is 28.4 Å². The van der Waals surface area contributed by atoms with E-state index in [4.69, 9.17) is 10.5 Å². The van der Waals surface area contributed by atoms with Crippen LogP contribution in [0, 0.1) is 0 Å². The Morgan fingerprint density at radius 1 is 1.19 bits per heavy atom. The molecule has 4 aromatic heterocycles. The Labute approximate surface area is 181 Å². The molecule has 0 unspecified atom stereocenters. The maximum atomic E-state index is 12.8. The lowest BCUT2D eigenvalue weighted by molar-refractivity contribution is 0.0681. The molecule has 168 valence electrons. The number of aromatic nitrogens is 7. The smallest absolute Gasteiger partial charge is 0.258 e. The van der Waals surface area contributed by atoms with Crippen molar-refractivity contribution in [2.24, 2.45) is 0 Å². The summed E-state index contributed by atoms with van der Waals surface area (Å²) in [5.41, 5.74) is 8.85. The summed E-state index contributed by atoms with van der Waals surface area (Å²) in [6.07, 6.45) is 3.46. The van der Waals surface area contributed by atoms with Crippen molar-refractivity contribution in [3.05, 3.63) is 24.4 Å². The van der Waals surface area contributed by atoms with Gasteiger partial charge in [0.2, 0.25) is 5.95 Å². The van der Waals surface area contributed by atoms with Crippen LogP contribution < -0.4 is 11.1 Å². The molecule has 12 heteroatoms. The van der Waals surface area contributed by atoms with E-state index in [0.717, 1.165) is 30.4 Å². The number of alkyl halides is 2. The van der Waals surface area contributed by atoms with Gasteiger partial charge in [0.15, 0.2) is 11.5 Å². The summed E-state index contributed by atoms with van der Waals surface area (Å²) in [5, 5.41) is 15.6. The first-order valence-electron chi connectivity index (χ1n) is 10.4. The number of halogens is 2. The van der Waals surface area contributed by atoms with Crippen LogP contribution in [0.4, 0.5) is 20.5 Å². The van der Waals surface area contributed by atoms with Gasteiger partial charge in [0, 0.05) is 24.9 Å². The lowest BCUT2D eigenvalue weighted by atomic mass is 9.93. The number of fused-ring (bicyclic) bond motifs is 2. The highest BCUT2D eigenvalue weighted by molar-refractivity contribution is 5.88. The zero-order valence-electron chi connectivity index (χ0n) is 17.4. The third kappa shape index (κ3) is 3.81. The van der Waals surface area contributed by atoms with Gasteiger partial charge < -0.3 is 15.8 Å². The molecule has 0 bridgehead atoms. The molecule has 10 nitrogen and oxygen atoms in total. The highest BCUT2D eigenvalue weighted by Crippen LogP contribution is 2.29. The molecule has 0 atom stereocenters. The van der Waals surface area contributed by atoms with Crippen molar-refractivity contribution in [1.29, 1.82) is 0 Å². The molecule has 0 amide bonds. The minimum absolute atomic E-state index is 0.264. The number of nitrogens with zero attached hydrogens (tertiary/aromatic N) is 7. The maximum Gasteiger partial charge on any atom is 0.258 e. The molecule has 0 saturated heterocycles. The van der Waals surface area contributed by atoms with Crippen LogP contribution in [0.15, 0.2) is 24.4 Å². The van der Waals surface area contributed by atoms with Crippen molar-refractivity contribution in [2.45, 2.75) is 50.8 Å². The van der Waals surface area contributed by atoms with Crippen molar-refractivity contribution < 1.29 is 13.5 Å². The molecule has 1 fully saturated rings. The van der Waals surface area contributed by atoms with Crippen LogP contribution in [0.1, 0.15) is 25.7 Å². The van der Waals surface area contributed by atoms with Crippen LogP contribution in [0.25, 0.3) is 27.9 Å². The second-order valence-corrected chi connectivity index (χ2v) is 7.90. The predicted molar refractivity (Wildman–Crippen MR) is 114 cm³/mol. The fourth-order valence-electron chi connectivity index (χ4n) is 4.20. The van der Waals surface area contributed by atoms with Gasteiger partial charge in [-0.25, -0.2) is 23.0 Å². The number of methoxy groups -OCH3 is 1. The van der Waals surface area contributed by atoms with E-state index < -0.39 is 13.0 Å². The fourth-order valence-corrected chi connectivity index (χ4v) is 4.20. The number of anilines is 2. The van der Waals surface area contributed by atoms with Crippen LogP contribution in [-0.4, -0.2) is 60.3 Å². The van der Waals surface area contributed by atoms with E-state index in [1.54, 1.807) is 30.0 Å². The molecule has 0 radical (unpaired) electrons. The predicted octanol–water partition coefficient (Wildman–Crippen LogP) is 2.75. The number of ether oxygens (including phenoxy) is 1. The Kier molecular flexibility index (Phi) is 5.29. The first kappa shape index (κ1) is 20.5. The maximum absolute atomic E-state index is 12.8. The van der Waals surface area contributed by atoms with Gasteiger partial charge in [0.05, 0.1) is 11.8 Å². The second kappa shape index (κ2) is 8.26. The van der Waals surface area contributed by atoms with Gasteiger partial charge in [-0.2, -0.15) is 4.98 Å². The molecule has 1 aliphatic carbocycles. The van der Waals surface area contributed by atoms with Gasteiger partial charge >= 0.3 is 0 Å². The van der Waals surface area contributed by atoms with Gasteiger partial charge in [-0.05, 0) is 43.9 Å². The molecule has 4 aromatic rings. The van der Waals surface area contributed by atoms with Crippen LogP contribution in [0.3, 0.4) is 0 Å². The molecular formula is C20H23F2N9O. The molecule has 0 aromatic carbocycles. The first-order chi connectivity index (χ1) is 15.5. The molecule has 3 N–H and O–H groups in total. The molecule has 4 heterocycles. The summed E-state index contributed by atoms with van der Waals surface area (Å²) >= 11 is 0. The van der Waals surface area contributed by atoms with Crippen LogP contribution >= 0.6 is 0 Å². The average Bonchev–Trinajstić information content (AvgIpc) is 3.38. The van der Waals surface area contributed by atoms with E-state index in [9.17, 15) is 8.78 Å². The summed E-state index contributed by atoms with van der Waals surface area (Å²) in [5.74, 6) is 0.759. The molecule has 1 aliphatic rings. The lowest BCUT2D eigenvalue weighted by Gasteiger charge is -2.28. The van der Waals surface area contributed by atoms with Gasteiger partial charge in [-0.15, -0.1) is 10.2 Å². The Balaban J connectivity index is 1.44. The standard InChI is InChI=1S/C20H23F2N9O/c1-32-12-4-2-11(3-5-12)24-20-26-18(23)17-13(8-9-30(17)28-20)14-6-7-15-19(25-14)31(29-27-15)10-16(21)22/h6-9,11-12,16H,2-5,10H2,1H3,(H3,23,24,26,28). The second-order valence-electron chi connectivity index (χ2n) is 7.90. The summed E-state index contributed by atoms with van der Waals surface area (Å²) in [6, 6.07) is 5.53. The molecule has 0 aliphatic heterocycles. The van der Waals surface area contributed by atoms with Crippen LogP contribution in [0.2, 0.25) is 0 Å². The number of hydrogen-bond donors (Lipinski definition) is 2. The monoisotopic (exact) mass is 443 g/mol. The van der Waals surface area contributed by atoms with E-state index in [1.165, 1.54) is 0 Å².